The number of halogens is 1. The molecular weight excluding hydrogens is 168 g/mol. The molecule has 68 valence electrons. The van der Waals surface area contributed by atoms with Crippen LogP contribution in [0.25, 0.3) is 0 Å². The molecule has 13 heavy (non-hydrogen) atoms. The number of rotatable bonds is 3. The van der Waals surface area contributed by atoms with E-state index >= 15 is 0 Å². The van der Waals surface area contributed by atoms with Crippen LogP contribution in [0.5, 0.6) is 5.75 Å². The Morgan fingerprint density at radius 1 is 1.69 bits per heavy atom. The molecule has 0 amide bonds. The maximum atomic E-state index is 13.0. The highest BCUT2D eigenvalue weighted by molar-refractivity contribution is 6.11. The molecule has 0 saturated carbocycles. The maximum Gasteiger partial charge on any atom is 0.183 e. The predicted molar refractivity (Wildman–Crippen MR) is 49.5 cm³/mol. The van der Waals surface area contributed by atoms with Gasteiger partial charge < -0.3 is 4.74 Å². The van der Waals surface area contributed by atoms with Crippen LogP contribution in [0.2, 0.25) is 0 Å². The van der Waals surface area contributed by atoms with Crippen molar-refractivity contribution < 1.29 is 9.13 Å². The Morgan fingerprint density at radius 3 is 2.92 bits per heavy atom. The van der Waals surface area contributed by atoms with Gasteiger partial charge in [0.05, 0.1) is 20.7 Å². The molecule has 0 aliphatic carbocycles. The van der Waals surface area contributed by atoms with Gasteiger partial charge in [-0.15, -0.1) is 0 Å². The minimum Gasteiger partial charge on any atom is -0.491 e. The van der Waals surface area contributed by atoms with Crippen LogP contribution in [-0.4, -0.2) is 19.4 Å². The van der Waals surface area contributed by atoms with Crippen molar-refractivity contribution in [2.75, 3.05) is 6.61 Å². The lowest BCUT2D eigenvalue weighted by molar-refractivity contribution is 0.320. The smallest absolute Gasteiger partial charge is 0.183 e. The summed E-state index contributed by atoms with van der Waals surface area (Å²) < 4.78 is 18.0. The molecule has 0 N–H and O–H groups in total. The number of hydrogen-bond acceptors (Lipinski definition) is 2. The molecule has 1 atom stereocenters. The molecule has 0 aromatic carbocycles. The van der Waals surface area contributed by atoms with Gasteiger partial charge in [0, 0.05) is 11.8 Å². The third-order valence-electron chi connectivity index (χ3n) is 1.61. The topological polar surface area (TPSA) is 22.1 Å². The average molecular weight is 179 g/mol. The second-order valence-corrected chi connectivity index (χ2v) is 2.76. The summed E-state index contributed by atoms with van der Waals surface area (Å²) in [7, 11) is 5.59. The van der Waals surface area contributed by atoms with Crippen LogP contribution >= 0.6 is 0 Å². The van der Waals surface area contributed by atoms with Crippen molar-refractivity contribution in [3.8, 4) is 5.75 Å². The van der Waals surface area contributed by atoms with Crippen LogP contribution in [-0.2, 0) is 0 Å². The van der Waals surface area contributed by atoms with E-state index in [0.29, 0.717) is 12.3 Å². The second-order valence-electron chi connectivity index (χ2n) is 2.76. The van der Waals surface area contributed by atoms with E-state index in [1.165, 1.54) is 6.07 Å². The van der Waals surface area contributed by atoms with E-state index in [0.717, 1.165) is 6.20 Å². The summed E-state index contributed by atoms with van der Waals surface area (Å²) in [4.78, 5) is 3.84. The SMILES string of the molecule is [B]C(C)c1cc(OCC)c(F)cn1. The molecule has 1 rings (SSSR count). The molecule has 0 spiro atoms. The first kappa shape index (κ1) is 10.0. The van der Waals surface area contributed by atoms with Crippen LogP contribution < -0.4 is 4.74 Å². The molecular formula is C9H11BFNO. The van der Waals surface area contributed by atoms with E-state index in [-0.39, 0.29) is 11.6 Å². The zero-order valence-corrected chi connectivity index (χ0v) is 7.75. The summed E-state index contributed by atoms with van der Waals surface area (Å²) >= 11 is 0. The Hall–Kier alpha value is -1.06. The first-order valence-corrected chi connectivity index (χ1v) is 4.19. The Balaban J connectivity index is 2.97. The number of ether oxygens (including phenoxy) is 1. The zero-order valence-electron chi connectivity index (χ0n) is 7.75. The minimum atomic E-state index is -0.453. The van der Waals surface area contributed by atoms with Gasteiger partial charge in [-0.25, -0.2) is 4.39 Å². The van der Waals surface area contributed by atoms with E-state index in [1.54, 1.807) is 13.8 Å². The van der Waals surface area contributed by atoms with Crippen molar-refractivity contribution in [2.45, 2.75) is 19.7 Å². The van der Waals surface area contributed by atoms with Crippen molar-refractivity contribution in [3.63, 3.8) is 0 Å². The molecule has 0 aliphatic rings. The van der Waals surface area contributed by atoms with Crippen molar-refractivity contribution in [1.29, 1.82) is 0 Å². The maximum absolute atomic E-state index is 13.0. The highest BCUT2D eigenvalue weighted by Crippen LogP contribution is 2.19. The van der Waals surface area contributed by atoms with Crippen molar-refractivity contribution in [2.24, 2.45) is 0 Å². The first-order chi connectivity index (χ1) is 6.15. The summed E-state index contributed by atoms with van der Waals surface area (Å²) in [5.74, 6) is -0.448. The molecule has 0 saturated heterocycles. The van der Waals surface area contributed by atoms with Crippen LogP contribution in [0.4, 0.5) is 4.39 Å². The van der Waals surface area contributed by atoms with Gasteiger partial charge in [0.15, 0.2) is 11.6 Å². The summed E-state index contributed by atoms with van der Waals surface area (Å²) in [5, 5.41) is 0. The van der Waals surface area contributed by atoms with E-state index in [1.807, 2.05) is 0 Å². The highest BCUT2D eigenvalue weighted by Gasteiger charge is 2.07. The van der Waals surface area contributed by atoms with Gasteiger partial charge in [-0.05, 0) is 12.7 Å². The lowest BCUT2D eigenvalue weighted by Crippen LogP contribution is -2.01. The Morgan fingerprint density at radius 2 is 2.38 bits per heavy atom. The third-order valence-corrected chi connectivity index (χ3v) is 1.61. The molecule has 2 nitrogen and oxygen atoms in total. The van der Waals surface area contributed by atoms with E-state index in [9.17, 15) is 4.39 Å². The molecule has 0 bridgehead atoms. The third kappa shape index (κ3) is 2.44. The summed E-state index contributed by atoms with van der Waals surface area (Å²) in [5.41, 5.74) is 0.629. The van der Waals surface area contributed by atoms with Crippen LogP contribution in [0.1, 0.15) is 25.4 Å². The number of hydrogen-bond donors (Lipinski definition) is 0. The van der Waals surface area contributed by atoms with Crippen LogP contribution in [0, 0.1) is 5.82 Å². The largest absolute Gasteiger partial charge is 0.491 e. The fourth-order valence-electron chi connectivity index (χ4n) is 0.950. The lowest BCUT2D eigenvalue weighted by atomic mass is 9.86. The zero-order chi connectivity index (χ0) is 9.84. The number of nitrogens with zero attached hydrogens (tertiary/aromatic N) is 1. The summed E-state index contributed by atoms with van der Waals surface area (Å²) in [6, 6.07) is 1.53. The predicted octanol–water partition coefficient (Wildman–Crippen LogP) is 1.85. The van der Waals surface area contributed by atoms with Crippen molar-refractivity contribution in [1.82, 2.24) is 4.98 Å². The Labute approximate surface area is 78.5 Å². The molecule has 1 heterocycles. The number of aromatic nitrogens is 1. The Bertz CT molecular complexity index is 291. The molecule has 4 heteroatoms. The summed E-state index contributed by atoms with van der Waals surface area (Å²) in [6.45, 7) is 4.01. The lowest BCUT2D eigenvalue weighted by Gasteiger charge is -2.08. The van der Waals surface area contributed by atoms with Crippen LogP contribution in [0.15, 0.2) is 12.3 Å². The van der Waals surface area contributed by atoms with Crippen molar-refractivity contribution >= 4 is 7.85 Å². The fourth-order valence-corrected chi connectivity index (χ4v) is 0.950. The fraction of sp³-hybridized carbons (Fsp3) is 0.444. The minimum absolute atomic E-state index is 0.209. The van der Waals surface area contributed by atoms with Gasteiger partial charge >= 0.3 is 0 Å². The monoisotopic (exact) mass is 179 g/mol. The van der Waals surface area contributed by atoms with E-state index < -0.39 is 5.82 Å². The second kappa shape index (κ2) is 4.26. The average Bonchev–Trinajstić information content (AvgIpc) is 2.08. The van der Waals surface area contributed by atoms with Gasteiger partial charge in [0.2, 0.25) is 0 Å². The molecule has 2 radical (unpaired) electrons. The number of pyridine rings is 1. The summed E-state index contributed by atoms with van der Waals surface area (Å²) in [6.07, 6.45) is 1.13. The van der Waals surface area contributed by atoms with Crippen LogP contribution in [0.3, 0.4) is 0 Å². The van der Waals surface area contributed by atoms with Gasteiger partial charge in [-0.1, -0.05) is 6.92 Å². The Kier molecular flexibility index (Phi) is 3.28. The van der Waals surface area contributed by atoms with Gasteiger partial charge in [-0.3, -0.25) is 4.98 Å². The molecule has 0 fully saturated rings. The quantitative estimate of drug-likeness (QED) is 0.660. The highest BCUT2D eigenvalue weighted by atomic mass is 19.1. The first-order valence-electron chi connectivity index (χ1n) is 4.19. The molecule has 1 unspecified atom stereocenters. The van der Waals surface area contributed by atoms with E-state index in [4.69, 9.17) is 12.6 Å². The normalized spacial score (nSPS) is 12.5. The van der Waals surface area contributed by atoms with Crippen molar-refractivity contribution in [3.05, 3.63) is 23.8 Å². The molecule has 1 aromatic rings. The molecule has 1 aromatic heterocycles. The van der Waals surface area contributed by atoms with Gasteiger partial charge in [-0.2, -0.15) is 0 Å². The van der Waals surface area contributed by atoms with E-state index in [2.05, 4.69) is 4.98 Å². The van der Waals surface area contributed by atoms with Gasteiger partial charge in [0.25, 0.3) is 0 Å². The molecule has 0 aliphatic heterocycles. The standard InChI is InChI=1S/C9H11BFNO/c1-3-13-9-4-8(6(2)10)12-5-7(9)11/h4-6H,3H2,1-2H3. The van der Waals surface area contributed by atoms with Gasteiger partial charge in [0.1, 0.15) is 0 Å².